The molecule has 0 radical (unpaired) electrons. The van der Waals surface area contributed by atoms with Crippen LogP contribution < -0.4 is 5.32 Å². The minimum Gasteiger partial charge on any atom is -0.443 e. The van der Waals surface area contributed by atoms with Crippen LogP contribution in [0.2, 0.25) is 0 Å². The molecule has 1 aromatic heterocycles. The third-order valence-corrected chi connectivity index (χ3v) is 5.15. The Labute approximate surface area is 129 Å². The van der Waals surface area contributed by atoms with E-state index < -0.39 is 15.0 Å². The van der Waals surface area contributed by atoms with E-state index in [2.05, 4.69) is 21.2 Å². The van der Waals surface area contributed by atoms with E-state index in [1.807, 2.05) is 6.92 Å². The summed E-state index contributed by atoms with van der Waals surface area (Å²) in [7, 11) is 1.26. The number of nitrogens with one attached hydrogen (secondary N) is 1. The summed E-state index contributed by atoms with van der Waals surface area (Å²) in [6.07, 6.45) is 1.65. The maximum Gasteiger partial charge on any atom is 0.287 e. The second-order valence-corrected chi connectivity index (χ2v) is 7.66. The van der Waals surface area contributed by atoms with Gasteiger partial charge in [-0.2, -0.15) is 0 Å². The Morgan fingerprint density at radius 1 is 1.60 bits per heavy atom. The first-order chi connectivity index (χ1) is 9.31. The molecule has 1 saturated carbocycles. The molecule has 1 aromatic rings. The molecule has 0 bridgehead atoms. The molecule has 1 N–H and O–H groups in total. The number of carbonyl (C=O) groups is 1. The number of halogens is 2. The molecule has 1 heterocycles. The molecule has 2 rings (SSSR count). The molecule has 0 aliphatic heterocycles. The van der Waals surface area contributed by atoms with Gasteiger partial charge in [0.2, 0.25) is 0 Å². The predicted octanol–water partition coefficient (Wildman–Crippen LogP) is 2.27. The van der Waals surface area contributed by atoms with Crippen LogP contribution in [0, 0.1) is 0 Å². The molecule has 0 unspecified atom stereocenters. The molecule has 1 aliphatic rings. The highest BCUT2D eigenvalue weighted by atomic mass is 79.9. The SMILES string of the molecule is CCOC1CC(NC(=O)c2cc(S(=O)(=O)Cl)c(Br)o2)C1. The topological polar surface area (TPSA) is 85.6 Å². The lowest BCUT2D eigenvalue weighted by Crippen LogP contribution is -2.47. The molecule has 0 aromatic carbocycles. The van der Waals surface area contributed by atoms with E-state index in [9.17, 15) is 13.2 Å². The number of rotatable bonds is 5. The zero-order valence-electron chi connectivity index (χ0n) is 10.6. The molecule has 112 valence electrons. The van der Waals surface area contributed by atoms with E-state index in [-0.39, 0.29) is 27.5 Å². The summed E-state index contributed by atoms with van der Waals surface area (Å²) in [6, 6.07) is 1.11. The summed E-state index contributed by atoms with van der Waals surface area (Å²) in [5, 5.41) is 2.74. The van der Waals surface area contributed by atoms with Crippen molar-refractivity contribution < 1.29 is 22.4 Å². The van der Waals surface area contributed by atoms with Gasteiger partial charge in [-0.3, -0.25) is 4.79 Å². The molecule has 6 nitrogen and oxygen atoms in total. The van der Waals surface area contributed by atoms with Crippen LogP contribution in [0.1, 0.15) is 30.3 Å². The highest BCUT2D eigenvalue weighted by molar-refractivity contribution is 9.10. The Morgan fingerprint density at radius 2 is 2.25 bits per heavy atom. The van der Waals surface area contributed by atoms with Crippen molar-refractivity contribution in [2.45, 2.75) is 36.8 Å². The van der Waals surface area contributed by atoms with Crippen molar-refractivity contribution in [1.82, 2.24) is 5.32 Å². The van der Waals surface area contributed by atoms with Crippen LogP contribution in [-0.2, 0) is 13.8 Å². The smallest absolute Gasteiger partial charge is 0.287 e. The van der Waals surface area contributed by atoms with Crippen molar-refractivity contribution in [2.75, 3.05) is 6.61 Å². The number of furan rings is 1. The first kappa shape index (κ1) is 15.8. The van der Waals surface area contributed by atoms with Gasteiger partial charge >= 0.3 is 0 Å². The first-order valence-corrected chi connectivity index (χ1v) is 9.08. The van der Waals surface area contributed by atoms with Gasteiger partial charge in [-0.1, -0.05) is 0 Å². The van der Waals surface area contributed by atoms with E-state index in [4.69, 9.17) is 19.8 Å². The van der Waals surface area contributed by atoms with Gasteiger partial charge in [0.05, 0.1) is 6.10 Å². The quantitative estimate of drug-likeness (QED) is 0.785. The maximum atomic E-state index is 11.9. The van der Waals surface area contributed by atoms with Crippen molar-refractivity contribution in [1.29, 1.82) is 0 Å². The Balaban J connectivity index is 1.98. The molecule has 20 heavy (non-hydrogen) atoms. The zero-order chi connectivity index (χ0) is 14.9. The number of hydrogen-bond donors (Lipinski definition) is 1. The lowest BCUT2D eigenvalue weighted by molar-refractivity contribution is -0.00885. The standard InChI is InChI=1S/C11H13BrClNO5S/c1-2-18-7-3-6(4-7)14-11(15)8-5-9(10(12)19-8)20(13,16)17/h5-7H,2-4H2,1H3,(H,14,15). The van der Waals surface area contributed by atoms with E-state index in [1.54, 1.807) is 0 Å². The fourth-order valence-corrected chi connectivity index (χ4v) is 3.97. The van der Waals surface area contributed by atoms with Crippen LogP contribution in [0.5, 0.6) is 0 Å². The van der Waals surface area contributed by atoms with Gasteiger partial charge in [-0.05, 0) is 35.7 Å². The van der Waals surface area contributed by atoms with Crippen LogP contribution in [-0.4, -0.2) is 33.1 Å². The summed E-state index contributed by atoms with van der Waals surface area (Å²) >= 11 is 2.92. The Hall–Kier alpha value is -0.570. The number of amides is 1. The molecule has 0 atom stereocenters. The third kappa shape index (κ3) is 3.55. The second-order valence-electron chi connectivity index (χ2n) is 4.41. The van der Waals surface area contributed by atoms with E-state index in [1.165, 1.54) is 0 Å². The summed E-state index contributed by atoms with van der Waals surface area (Å²) in [5.41, 5.74) is 0. The fourth-order valence-electron chi connectivity index (χ4n) is 1.94. The van der Waals surface area contributed by atoms with Crippen LogP contribution >= 0.6 is 26.6 Å². The normalized spacial score (nSPS) is 22.4. The third-order valence-electron chi connectivity index (χ3n) is 2.97. The number of hydrogen-bond acceptors (Lipinski definition) is 5. The Morgan fingerprint density at radius 3 is 2.75 bits per heavy atom. The van der Waals surface area contributed by atoms with Gasteiger partial charge < -0.3 is 14.5 Å². The van der Waals surface area contributed by atoms with Crippen LogP contribution in [0.25, 0.3) is 0 Å². The van der Waals surface area contributed by atoms with Gasteiger partial charge in [0.25, 0.3) is 15.0 Å². The van der Waals surface area contributed by atoms with Gasteiger partial charge in [0, 0.05) is 29.4 Å². The number of ether oxygens (including phenoxy) is 1. The fraction of sp³-hybridized carbons (Fsp3) is 0.545. The molecule has 1 amide bonds. The van der Waals surface area contributed by atoms with Crippen LogP contribution in [0.15, 0.2) is 20.0 Å². The molecule has 0 saturated heterocycles. The van der Waals surface area contributed by atoms with Gasteiger partial charge in [0.1, 0.15) is 4.90 Å². The van der Waals surface area contributed by atoms with Gasteiger partial charge in [-0.25, -0.2) is 8.42 Å². The van der Waals surface area contributed by atoms with Crippen molar-refractivity contribution in [3.8, 4) is 0 Å². The summed E-state index contributed by atoms with van der Waals surface area (Å²) in [5.74, 6) is -0.576. The van der Waals surface area contributed by atoms with E-state index in [0.29, 0.717) is 6.61 Å². The van der Waals surface area contributed by atoms with Crippen molar-refractivity contribution in [2.24, 2.45) is 0 Å². The highest BCUT2D eigenvalue weighted by Gasteiger charge is 2.32. The largest absolute Gasteiger partial charge is 0.443 e. The molecular formula is C11H13BrClNO5S. The summed E-state index contributed by atoms with van der Waals surface area (Å²) in [6.45, 7) is 2.56. The number of carbonyl (C=O) groups excluding carboxylic acids is 1. The van der Waals surface area contributed by atoms with Crippen molar-refractivity contribution in [3.63, 3.8) is 0 Å². The molecule has 1 aliphatic carbocycles. The van der Waals surface area contributed by atoms with E-state index in [0.717, 1.165) is 18.9 Å². The van der Waals surface area contributed by atoms with Crippen LogP contribution in [0.3, 0.4) is 0 Å². The Kier molecular flexibility index (Phi) is 4.78. The Bertz CT molecular complexity index is 608. The minimum absolute atomic E-state index is 0.0129. The second kappa shape index (κ2) is 6.05. The predicted molar refractivity (Wildman–Crippen MR) is 75.3 cm³/mol. The molecule has 1 fully saturated rings. The minimum atomic E-state index is -3.95. The zero-order valence-corrected chi connectivity index (χ0v) is 13.7. The van der Waals surface area contributed by atoms with Crippen molar-refractivity contribution in [3.05, 3.63) is 16.5 Å². The lowest BCUT2D eigenvalue weighted by Gasteiger charge is -2.35. The average molecular weight is 387 g/mol. The summed E-state index contributed by atoms with van der Waals surface area (Å²) < 4.78 is 32.8. The molecule has 9 heteroatoms. The van der Waals surface area contributed by atoms with Crippen molar-refractivity contribution >= 4 is 41.6 Å². The average Bonchev–Trinajstić information content (AvgIpc) is 2.68. The monoisotopic (exact) mass is 385 g/mol. The summed E-state index contributed by atoms with van der Waals surface area (Å²) in [4.78, 5) is 11.6. The van der Waals surface area contributed by atoms with Crippen LogP contribution in [0.4, 0.5) is 0 Å². The lowest BCUT2D eigenvalue weighted by atomic mass is 9.89. The van der Waals surface area contributed by atoms with Gasteiger partial charge in [0.15, 0.2) is 10.4 Å². The highest BCUT2D eigenvalue weighted by Crippen LogP contribution is 2.29. The maximum absolute atomic E-state index is 11.9. The first-order valence-electron chi connectivity index (χ1n) is 5.97. The van der Waals surface area contributed by atoms with Gasteiger partial charge in [-0.15, -0.1) is 0 Å². The molecular weight excluding hydrogens is 374 g/mol. The molecule has 0 spiro atoms. The van der Waals surface area contributed by atoms with E-state index >= 15 is 0 Å².